The lowest BCUT2D eigenvalue weighted by Crippen LogP contribution is -2.35. The first-order chi connectivity index (χ1) is 7.79. The number of ether oxygens (including phenoxy) is 1. The third kappa shape index (κ3) is 2.99. The minimum Gasteiger partial charge on any atom is -0.381 e. The van der Waals surface area contributed by atoms with Gasteiger partial charge in [-0.3, -0.25) is 0 Å². The van der Waals surface area contributed by atoms with Gasteiger partial charge in [-0.15, -0.1) is 21.5 Å². The van der Waals surface area contributed by atoms with Gasteiger partial charge in [0.05, 0.1) is 6.61 Å². The number of aromatic nitrogens is 2. The topological polar surface area (TPSA) is 47.0 Å². The second-order valence-electron chi connectivity index (χ2n) is 4.23. The van der Waals surface area contributed by atoms with Gasteiger partial charge >= 0.3 is 0 Å². The van der Waals surface area contributed by atoms with Crippen LogP contribution in [0.15, 0.2) is 0 Å². The van der Waals surface area contributed by atoms with Crippen molar-refractivity contribution < 1.29 is 4.74 Å². The monoisotopic (exact) mass is 241 g/mol. The molecule has 2 rings (SSSR count). The van der Waals surface area contributed by atoms with Crippen LogP contribution in [0, 0.1) is 12.8 Å². The summed E-state index contributed by atoms with van der Waals surface area (Å²) in [6.07, 6.45) is 2.33. The van der Waals surface area contributed by atoms with Gasteiger partial charge in [0.2, 0.25) is 0 Å². The maximum absolute atomic E-state index is 5.43. The van der Waals surface area contributed by atoms with Crippen molar-refractivity contribution >= 4 is 11.3 Å². The molecule has 0 saturated carbocycles. The predicted octanol–water partition coefficient (Wildman–Crippen LogP) is 1.75. The molecule has 2 atom stereocenters. The van der Waals surface area contributed by atoms with Gasteiger partial charge in [0, 0.05) is 19.2 Å². The minimum absolute atomic E-state index is 0.548. The van der Waals surface area contributed by atoms with Crippen molar-refractivity contribution in [3.63, 3.8) is 0 Å². The molecule has 0 unspecified atom stereocenters. The summed E-state index contributed by atoms with van der Waals surface area (Å²) in [5, 5.41) is 13.8. The Balaban J connectivity index is 1.82. The highest BCUT2D eigenvalue weighted by Gasteiger charge is 2.24. The first-order valence-corrected chi connectivity index (χ1v) is 6.71. The van der Waals surface area contributed by atoms with E-state index in [9.17, 15) is 0 Å². The van der Waals surface area contributed by atoms with Crippen LogP contribution < -0.4 is 5.32 Å². The molecule has 1 N–H and O–H groups in total. The van der Waals surface area contributed by atoms with E-state index in [1.807, 2.05) is 6.92 Å². The first-order valence-electron chi connectivity index (χ1n) is 5.89. The van der Waals surface area contributed by atoms with Crippen molar-refractivity contribution in [2.45, 2.75) is 39.3 Å². The van der Waals surface area contributed by atoms with E-state index in [1.165, 1.54) is 6.42 Å². The molecule has 0 aliphatic carbocycles. The minimum atomic E-state index is 0.548. The standard InChI is InChI=1S/C11H19N3OS/c1-3-10(9-4-5-15-7-9)12-6-11-14-13-8(2)16-11/h9-10,12H,3-7H2,1-2H3/t9-,10-/m0/s1. The molecule has 16 heavy (non-hydrogen) atoms. The molecule has 1 fully saturated rings. The average molecular weight is 241 g/mol. The third-order valence-corrected chi connectivity index (χ3v) is 3.90. The summed E-state index contributed by atoms with van der Waals surface area (Å²) in [5.41, 5.74) is 0. The molecular weight excluding hydrogens is 222 g/mol. The summed E-state index contributed by atoms with van der Waals surface area (Å²) in [6.45, 7) is 6.87. The molecule has 5 heteroatoms. The van der Waals surface area contributed by atoms with Crippen LogP contribution in [0.1, 0.15) is 29.8 Å². The zero-order valence-corrected chi connectivity index (χ0v) is 10.7. The summed E-state index contributed by atoms with van der Waals surface area (Å²) >= 11 is 1.67. The first kappa shape index (κ1) is 12.0. The fourth-order valence-electron chi connectivity index (χ4n) is 2.14. The molecule has 1 aromatic rings. The van der Waals surface area contributed by atoms with Gasteiger partial charge in [-0.25, -0.2) is 0 Å². The summed E-state index contributed by atoms with van der Waals surface area (Å²) in [7, 11) is 0. The highest BCUT2D eigenvalue weighted by Crippen LogP contribution is 2.19. The average Bonchev–Trinajstić information content (AvgIpc) is 2.91. The number of aryl methyl sites for hydroxylation is 1. The summed E-state index contributed by atoms with van der Waals surface area (Å²) in [4.78, 5) is 0. The largest absolute Gasteiger partial charge is 0.381 e. The zero-order valence-electron chi connectivity index (χ0n) is 9.90. The molecule has 90 valence electrons. The molecule has 1 aliphatic heterocycles. The van der Waals surface area contributed by atoms with E-state index in [0.717, 1.165) is 36.2 Å². The summed E-state index contributed by atoms with van der Waals surface area (Å²) in [6, 6.07) is 0.548. The maximum Gasteiger partial charge on any atom is 0.131 e. The fraction of sp³-hybridized carbons (Fsp3) is 0.818. The molecule has 2 heterocycles. The normalized spacial score (nSPS) is 22.5. The molecule has 0 aromatic carbocycles. The number of nitrogens with one attached hydrogen (secondary N) is 1. The Morgan fingerprint density at radius 3 is 3.00 bits per heavy atom. The lowest BCUT2D eigenvalue weighted by atomic mass is 9.97. The van der Waals surface area contributed by atoms with E-state index in [-0.39, 0.29) is 0 Å². The van der Waals surface area contributed by atoms with Crippen LogP contribution in [0.5, 0.6) is 0 Å². The van der Waals surface area contributed by atoms with Crippen LogP contribution in [0.4, 0.5) is 0 Å². The Bertz CT molecular complexity index is 323. The second-order valence-corrected chi connectivity index (χ2v) is 5.50. The van der Waals surface area contributed by atoms with Crippen LogP contribution in [-0.2, 0) is 11.3 Å². The Hall–Kier alpha value is -0.520. The molecule has 1 aromatic heterocycles. The smallest absolute Gasteiger partial charge is 0.131 e. The number of nitrogens with zero attached hydrogens (tertiary/aromatic N) is 2. The van der Waals surface area contributed by atoms with Crippen LogP contribution in [0.25, 0.3) is 0 Å². The van der Waals surface area contributed by atoms with Gasteiger partial charge in [-0.05, 0) is 25.7 Å². The van der Waals surface area contributed by atoms with E-state index in [2.05, 4.69) is 22.4 Å². The molecule has 4 nitrogen and oxygen atoms in total. The third-order valence-electron chi connectivity index (χ3n) is 3.06. The number of rotatable bonds is 5. The van der Waals surface area contributed by atoms with Gasteiger partial charge < -0.3 is 10.1 Å². The van der Waals surface area contributed by atoms with Crippen molar-refractivity contribution in [3.05, 3.63) is 10.0 Å². The Kier molecular flexibility index (Phi) is 4.26. The maximum atomic E-state index is 5.43. The van der Waals surface area contributed by atoms with Crippen LogP contribution >= 0.6 is 11.3 Å². The number of hydrogen-bond acceptors (Lipinski definition) is 5. The van der Waals surface area contributed by atoms with Gasteiger partial charge in [0.1, 0.15) is 10.0 Å². The Labute approximate surface area is 100 Å². The van der Waals surface area contributed by atoms with E-state index in [0.29, 0.717) is 12.0 Å². The SMILES string of the molecule is CC[C@H](NCc1nnc(C)s1)[C@H]1CCOC1. The van der Waals surface area contributed by atoms with Crippen molar-refractivity contribution in [2.24, 2.45) is 5.92 Å². The lowest BCUT2D eigenvalue weighted by Gasteiger charge is -2.21. The van der Waals surface area contributed by atoms with Crippen LogP contribution in [-0.4, -0.2) is 29.5 Å². The molecule has 1 saturated heterocycles. The van der Waals surface area contributed by atoms with Crippen molar-refractivity contribution in [1.82, 2.24) is 15.5 Å². The second kappa shape index (κ2) is 5.70. The van der Waals surface area contributed by atoms with Gasteiger partial charge in [0.15, 0.2) is 0 Å². The van der Waals surface area contributed by atoms with Crippen molar-refractivity contribution in [2.75, 3.05) is 13.2 Å². The summed E-state index contributed by atoms with van der Waals surface area (Å²) in [5.74, 6) is 0.666. The Morgan fingerprint density at radius 1 is 1.56 bits per heavy atom. The van der Waals surface area contributed by atoms with Crippen molar-refractivity contribution in [3.8, 4) is 0 Å². The van der Waals surface area contributed by atoms with Crippen molar-refractivity contribution in [1.29, 1.82) is 0 Å². The molecule has 1 aliphatic rings. The van der Waals surface area contributed by atoms with Gasteiger partial charge in [-0.2, -0.15) is 0 Å². The van der Waals surface area contributed by atoms with Crippen LogP contribution in [0.3, 0.4) is 0 Å². The quantitative estimate of drug-likeness (QED) is 0.853. The summed E-state index contributed by atoms with van der Waals surface area (Å²) < 4.78 is 5.43. The molecule has 0 spiro atoms. The van der Waals surface area contributed by atoms with E-state index >= 15 is 0 Å². The number of hydrogen-bond donors (Lipinski definition) is 1. The highest BCUT2D eigenvalue weighted by atomic mass is 32.1. The molecule has 0 amide bonds. The molecule has 0 radical (unpaired) electrons. The van der Waals surface area contributed by atoms with Gasteiger partial charge in [0.25, 0.3) is 0 Å². The predicted molar refractivity (Wildman–Crippen MR) is 64.5 cm³/mol. The van der Waals surface area contributed by atoms with E-state index in [1.54, 1.807) is 11.3 Å². The molecule has 0 bridgehead atoms. The highest BCUT2D eigenvalue weighted by molar-refractivity contribution is 7.11. The fourth-order valence-corrected chi connectivity index (χ4v) is 2.80. The Morgan fingerprint density at radius 2 is 2.44 bits per heavy atom. The molecular formula is C11H19N3OS. The van der Waals surface area contributed by atoms with Gasteiger partial charge in [-0.1, -0.05) is 6.92 Å². The lowest BCUT2D eigenvalue weighted by molar-refractivity contribution is 0.175. The zero-order chi connectivity index (χ0) is 11.4. The van der Waals surface area contributed by atoms with Crippen LogP contribution in [0.2, 0.25) is 0 Å². The van der Waals surface area contributed by atoms with E-state index in [4.69, 9.17) is 4.74 Å². The van der Waals surface area contributed by atoms with E-state index < -0.39 is 0 Å².